The third kappa shape index (κ3) is 2.76. The molecule has 0 saturated carbocycles. The van der Waals surface area contributed by atoms with E-state index in [0.29, 0.717) is 17.3 Å². The summed E-state index contributed by atoms with van der Waals surface area (Å²) in [6.45, 7) is 4.43. The first-order chi connectivity index (χ1) is 10.2. The summed E-state index contributed by atoms with van der Waals surface area (Å²) in [7, 11) is 1.38. The van der Waals surface area contributed by atoms with Gasteiger partial charge in [0.25, 0.3) is 0 Å². The molecular weight excluding hydrogens is 268 g/mol. The maximum atomic E-state index is 11.5. The van der Waals surface area contributed by atoms with Crippen LogP contribution in [0.25, 0.3) is 5.65 Å². The number of esters is 1. The molecule has 0 aliphatic carbocycles. The highest BCUT2D eigenvalue weighted by atomic mass is 16.5. The minimum atomic E-state index is -0.352. The number of carbonyl (C=O) groups excluding carboxylic acids is 1. The van der Waals surface area contributed by atoms with Crippen molar-refractivity contribution >= 4 is 11.6 Å². The first-order valence-electron chi connectivity index (χ1n) is 7.39. The zero-order chi connectivity index (χ0) is 14.8. The van der Waals surface area contributed by atoms with Crippen molar-refractivity contribution in [1.29, 1.82) is 0 Å². The van der Waals surface area contributed by atoms with Crippen molar-refractivity contribution in [3.05, 3.63) is 29.7 Å². The van der Waals surface area contributed by atoms with Crippen molar-refractivity contribution in [3.8, 4) is 0 Å². The normalized spacial score (nSPS) is 19.2. The zero-order valence-electron chi connectivity index (χ0n) is 12.5. The molecule has 6 nitrogen and oxygen atoms in total. The molecule has 1 unspecified atom stereocenters. The van der Waals surface area contributed by atoms with Crippen LogP contribution < -0.4 is 0 Å². The smallest absolute Gasteiger partial charge is 0.338 e. The number of nitrogens with zero attached hydrogens (tertiary/aromatic N) is 4. The molecule has 21 heavy (non-hydrogen) atoms. The van der Waals surface area contributed by atoms with E-state index in [2.05, 4.69) is 21.9 Å². The van der Waals surface area contributed by atoms with Gasteiger partial charge in [0.1, 0.15) is 0 Å². The molecule has 6 heteroatoms. The molecule has 1 atom stereocenters. The number of likely N-dealkylation sites (N-methyl/N-ethyl adjacent to an activating group) is 1. The molecule has 0 bridgehead atoms. The Bertz CT molecular complexity index is 652. The number of rotatable bonds is 4. The number of fused-ring (bicyclic) bond motifs is 1. The lowest BCUT2D eigenvalue weighted by molar-refractivity contribution is 0.0600. The van der Waals surface area contributed by atoms with Crippen molar-refractivity contribution in [2.45, 2.75) is 32.2 Å². The number of likely N-dealkylation sites (tertiary alicyclic amines) is 1. The van der Waals surface area contributed by atoms with Crippen LogP contribution >= 0.6 is 0 Å². The fourth-order valence-electron chi connectivity index (χ4n) is 3.01. The fourth-order valence-corrected chi connectivity index (χ4v) is 3.01. The predicted octanol–water partition coefficient (Wildman–Crippen LogP) is 1.54. The fraction of sp³-hybridized carbons (Fsp3) is 0.533. The van der Waals surface area contributed by atoms with Gasteiger partial charge in [0.15, 0.2) is 11.5 Å². The van der Waals surface area contributed by atoms with Crippen LogP contribution in [0.2, 0.25) is 0 Å². The Balaban J connectivity index is 1.82. The number of pyridine rings is 1. The second-order valence-corrected chi connectivity index (χ2v) is 5.37. The minimum absolute atomic E-state index is 0.352. The average Bonchev–Trinajstić information content (AvgIpc) is 3.11. The topological polar surface area (TPSA) is 59.7 Å². The summed E-state index contributed by atoms with van der Waals surface area (Å²) in [6.07, 6.45) is 5.07. The highest BCUT2D eigenvalue weighted by molar-refractivity contribution is 5.90. The highest BCUT2D eigenvalue weighted by Crippen LogP contribution is 2.20. The third-order valence-electron chi connectivity index (χ3n) is 4.13. The molecule has 0 spiro atoms. The molecule has 0 aromatic carbocycles. The van der Waals surface area contributed by atoms with E-state index in [-0.39, 0.29) is 5.97 Å². The van der Waals surface area contributed by atoms with Crippen LogP contribution in [0.3, 0.4) is 0 Å². The maximum absolute atomic E-state index is 11.5. The van der Waals surface area contributed by atoms with Gasteiger partial charge in [-0.05, 0) is 38.1 Å². The molecule has 1 aliphatic heterocycles. The minimum Gasteiger partial charge on any atom is -0.465 e. The van der Waals surface area contributed by atoms with E-state index in [4.69, 9.17) is 4.74 Å². The van der Waals surface area contributed by atoms with E-state index in [0.717, 1.165) is 18.8 Å². The van der Waals surface area contributed by atoms with E-state index in [1.54, 1.807) is 22.8 Å². The summed E-state index contributed by atoms with van der Waals surface area (Å²) >= 11 is 0. The van der Waals surface area contributed by atoms with Crippen LogP contribution in [-0.2, 0) is 11.2 Å². The standard InChI is InChI=1S/C15H20N4O2/c1-3-18-7-4-5-12(18)10-13-16-14-9-11(15(20)21-2)6-8-19(14)17-13/h6,8-9,12H,3-5,7,10H2,1-2H3. The number of carbonyl (C=O) groups is 1. The van der Waals surface area contributed by atoms with Gasteiger partial charge in [-0.15, -0.1) is 0 Å². The van der Waals surface area contributed by atoms with E-state index in [1.807, 2.05) is 0 Å². The summed E-state index contributed by atoms with van der Waals surface area (Å²) in [4.78, 5) is 18.6. The van der Waals surface area contributed by atoms with Gasteiger partial charge in [0, 0.05) is 18.7 Å². The van der Waals surface area contributed by atoms with Crippen molar-refractivity contribution in [2.24, 2.45) is 0 Å². The van der Waals surface area contributed by atoms with Gasteiger partial charge in [-0.2, -0.15) is 5.10 Å². The van der Waals surface area contributed by atoms with E-state index < -0.39 is 0 Å². The second kappa shape index (κ2) is 5.81. The van der Waals surface area contributed by atoms with Crippen molar-refractivity contribution in [1.82, 2.24) is 19.5 Å². The molecular formula is C15H20N4O2. The first kappa shape index (κ1) is 14.0. The van der Waals surface area contributed by atoms with Gasteiger partial charge in [0.05, 0.1) is 12.7 Å². The molecule has 1 aliphatic rings. The molecule has 2 aromatic rings. The number of ether oxygens (including phenoxy) is 1. The summed E-state index contributed by atoms with van der Waals surface area (Å²) in [5.41, 5.74) is 1.19. The predicted molar refractivity (Wildman–Crippen MR) is 78.3 cm³/mol. The number of methoxy groups -OCH3 is 1. The second-order valence-electron chi connectivity index (χ2n) is 5.37. The Morgan fingerprint density at radius 3 is 3.14 bits per heavy atom. The van der Waals surface area contributed by atoms with Crippen LogP contribution in [0.1, 0.15) is 35.9 Å². The summed E-state index contributed by atoms with van der Waals surface area (Å²) in [5.74, 6) is 0.484. The van der Waals surface area contributed by atoms with E-state index in [1.165, 1.54) is 26.5 Å². The molecule has 0 N–H and O–H groups in total. The van der Waals surface area contributed by atoms with Crippen LogP contribution in [0, 0.1) is 0 Å². The molecule has 3 rings (SSSR count). The van der Waals surface area contributed by atoms with E-state index in [9.17, 15) is 4.79 Å². The Labute approximate surface area is 123 Å². The zero-order valence-corrected chi connectivity index (χ0v) is 12.5. The van der Waals surface area contributed by atoms with Crippen molar-refractivity contribution in [3.63, 3.8) is 0 Å². The molecule has 3 heterocycles. The van der Waals surface area contributed by atoms with Crippen LogP contribution in [-0.4, -0.2) is 51.7 Å². The van der Waals surface area contributed by atoms with Gasteiger partial charge in [-0.1, -0.05) is 6.92 Å². The largest absolute Gasteiger partial charge is 0.465 e. The number of hydrogen-bond acceptors (Lipinski definition) is 5. The Kier molecular flexibility index (Phi) is 3.88. The molecule has 112 valence electrons. The van der Waals surface area contributed by atoms with Gasteiger partial charge in [-0.3, -0.25) is 0 Å². The molecule has 1 fully saturated rings. The third-order valence-corrected chi connectivity index (χ3v) is 4.13. The van der Waals surface area contributed by atoms with Crippen LogP contribution in [0.5, 0.6) is 0 Å². The van der Waals surface area contributed by atoms with Crippen LogP contribution in [0.4, 0.5) is 0 Å². The molecule has 0 radical (unpaired) electrons. The lowest BCUT2D eigenvalue weighted by Crippen LogP contribution is -2.31. The summed E-state index contributed by atoms with van der Waals surface area (Å²) < 4.78 is 6.44. The van der Waals surface area contributed by atoms with Crippen LogP contribution in [0.15, 0.2) is 18.3 Å². The average molecular weight is 288 g/mol. The quantitative estimate of drug-likeness (QED) is 0.799. The number of hydrogen-bond donors (Lipinski definition) is 0. The van der Waals surface area contributed by atoms with Crippen molar-refractivity contribution in [2.75, 3.05) is 20.2 Å². The maximum Gasteiger partial charge on any atom is 0.338 e. The van der Waals surface area contributed by atoms with E-state index >= 15 is 0 Å². The molecule has 1 saturated heterocycles. The van der Waals surface area contributed by atoms with Gasteiger partial charge >= 0.3 is 5.97 Å². The Morgan fingerprint density at radius 1 is 1.52 bits per heavy atom. The molecule has 2 aromatic heterocycles. The van der Waals surface area contributed by atoms with Gasteiger partial charge in [-0.25, -0.2) is 14.3 Å². The SMILES string of the molecule is CCN1CCCC1Cc1nc2cc(C(=O)OC)ccn2n1. The lowest BCUT2D eigenvalue weighted by Gasteiger charge is -2.21. The summed E-state index contributed by atoms with van der Waals surface area (Å²) in [5, 5.41) is 4.50. The highest BCUT2D eigenvalue weighted by Gasteiger charge is 2.24. The lowest BCUT2D eigenvalue weighted by atomic mass is 10.1. The Hall–Kier alpha value is -1.95. The van der Waals surface area contributed by atoms with Crippen molar-refractivity contribution < 1.29 is 9.53 Å². The first-order valence-corrected chi connectivity index (χ1v) is 7.39. The Morgan fingerprint density at radius 2 is 2.38 bits per heavy atom. The monoisotopic (exact) mass is 288 g/mol. The molecule has 0 amide bonds. The number of aromatic nitrogens is 3. The summed E-state index contributed by atoms with van der Waals surface area (Å²) in [6, 6.07) is 3.95. The van der Waals surface area contributed by atoms with Gasteiger partial charge < -0.3 is 9.64 Å². The van der Waals surface area contributed by atoms with Gasteiger partial charge in [0.2, 0.25) is 0 Å².